The molecule has 0 unspecified atom stereocenters. The molecule has 0 aromatic heterocycles. The minimum atomic E-state index is -0.234. The number of fused-ring (bicyclic) bond motifs is 2. The first-order valence-corrected chi connectivity index (χ1v) is 9.54. The second-order valence-electron chi connectivity index (χ2n) is 7.57. The van der Waals surface area contributed by atoms with Crippen LogP contribution < -0.4 is 10.2 Å². The number of ketones is 2. The normalized spacial score (nSPS) is 23.7. The molecule has 1 aliphatic heterocycles. The van der Waals surface area contributed by atoms with Crippen LogP contribution in [0.3, 0.4) is 0 Å². The van der Waals surface area contributed by atoms with Crippen LogP contribution in [0.15, 0.2) is 42.5 Å². The van der Waals surface area contributed by atoms with Crippen LogP contribution in [-0.4, -0.2) is 49.3 Å². The molecule has 2 aliphatic rings. The molecule has 0 bridgehead atoms. The summed E-state index contributed by atoms with van der Waals surface area (Å²) in [4.78, 5) is 39.6. The summed E-state index contributed by atoms with van der Waals surface area (Å²) in [7, 11) is 0. The highest BCUT2D eigenvalue weighted by atomic mass is 16.5. The molecule has 1 fully saturated rings. The van der Waals surface area contributed by atoms with Gasteiger partial charge in [0.05, 0.1) is 11.3 Å². The van der Waals surface area contributed by atoms with Crippen molar-refractivity contribution < 1.29 is 24.0 Å². The average Bonchev–Trinajstić information content (AvgIpc) is 2.65. The van der Waals surface area contributed by atoms with Crippen LogP contribution in [0, 0.1) is 0 Å². The van der Waals surface area contributed by atoms with Crippen molar-refractivity contribution in [2.75, 3.05) is 25.0 Å². The molecule has 6 nitrogen and oxygen atoms in total. The molecule has 0 radical (unpaired) electrons. The van der Waals surface area contributed by atoms with E-state index in [0.29, 0.717) is 28.9 Å². The van der Waals surface area contributed by atoms with Crippen LogP contribution in [0.25, 0.3) is 0 Å². The lowest BCUT2D eigenvalue weighted by molar-refractivity contribution is -0.907. The zero-order valence-corrected chi connectivity index (χ0v) is 16.0. The predicted molar refractivity (Wildman–Crippen MR) is 104 cm³/mol. The summed E-state index contributed by atoms with van der Waals surface area (Å²) >= 11 is 0. The zero-order chi connectivity index (χ0) is 19.8. The molecule has 28 heavy (non-hydrogen) atoms. The summed E-state index contributed by atoms with van der Waals surface area (Å²) in [6.45, 7) is 5.82. The van der Waals surface area contributed by atoms with Crippen molar-refractivity contribution in [3.63, 3.8) is 0 Å². The molecular formula is C22H23N2O4+. The molecule has 1 heterocycles. The van der Waals surface area contributed by atoms with E-state index >= 15 is 0 Å². The van der Waals surface area contributed by atoms with E-state index in [9.17, 15) is 14.4 Å². The minimum absolute atomic E-state index is 0.103. The number of anilines is 1. The fourth-order valence-corrected chi connectivity index (χ4v) is 4.20. The molecule has 0 spiro atoms. The fourth-order valence-electron chi connectivity index (χ4n) is 4.20. The number of benzene rings is 2. The number of rotatable bonds is 3. The van der Waals surface area contributed by atoms with Crippen LogP contribution in [0.2, 0.25) is 0 Å². The predicted octanol–water partition coefficient (Wildman–Crippen LogP) is 1.09. The van der Waals surface area contributed by atoms with E-state index in [1.807, 2.05) is 13.8 Å². The van der Waals surface area contributed by atoms with Crippen LogP contribution in [0.1, 0.15) is 45.7 Å². The second-order valence-corrected chi connectivity index (χ2v) is 7.57. The summed E-state index contributed by atoms with van der Waals surface area (Å²) in [5.74, 6) is -0.603. The van der Waals surface area contributed by atoms with Crippen molar-refractivity contribution >= 4 is 23.2 Å². The molecular weight excluding hydrogens is 356 g/mol. The van der Waals surface area contributed by atoms with E-state index in [1.165, 1.54) is 0 Å². The molecule has 2 N–H and O–H groups in total. The molecule has 144 valence electrons. The van der Waals surface area contributed by atoms with Gasteiger partial charge in [-0.1, -0.05) is 36.4 Å². The third-order valence-corrected chi connectivity index (χ3v) is 5.25. The van der Waals surface area contributed by atoms with Gasteiger partial charge in [0.2, 0.25) is 0 Å². The van der Waals surface area contributed by atoms with E-state index in [2.05, 4.69) is 5.32 Å². The number of morpholine rings is 1. The Bertz CT molecular complexity index is 959. The number of amides is 1. The molecule has 2 aromatic rings. The topological polar surface area (TPSA) is 76.9 Å². The number of quaternary nitrogens is 1. The summed E-state index contributed by atoms with van der Waals surface area (Å²) in [5.41, 5.74) is 1.79. The van der Waals surface area contributed by atoms with Gasteiger partial charge in [-0.05, 0) is 19.9 Å². The van der Waals surface area contributed by atoms with Gasteiger partial charge in [0.25, 0.3) is 5.91 Å². The van der Waals surface area contributed by atoms with Crippen LogP contribution in [-0.2, 0) is 9.53 Å². The Morgan fingerprint density at radius 3 is 2.25 bits per heavy atom. The first-order valence-electron chi connectivity index (χ1n) is 9.54. The first-order chi connectivity index (χ1) is 13.4. The highest BCUT2D eigenvalue weighted by molar-refractivity contribution is 6.30. The molecule has 1 saturated heterocycles. The molecule has 0 saturated carbocycles. The molecule has 1 aliphatic carbocycles. The monoisotopic (exact) mass is 379 g/mol. The molecule has 2 atom stereocenters. The Morgan fingerprint density at radius 1 is 0.964 bits per heavy atom. The van der Waals surface area contributed by atoms with E-state index in [0.717, 1.165) is 18.0 Å². The number of ether oxygens (including phenoxy) is 1. The van der Waals surface area contributed by atoms with E-state index in [4.69, 9.17) is 4.74 Å². The van der Waals surface area contributed by atoms with E-state index in [-0.39, 0.29) is 35.2 Å². The van der Waals surface area contributed by atoms with Crippen LogP contribution in [0.4, 0.5) is 5.69 Å². The zero-order valence-electron chi connectivity index (χ0n) is 16.0. The maximum Gasteiger partial charge on any atom is 0.279 e. The lowest BCUT2D eigenvalue weighted by atomic mass is 9.83. The molecule has 6 heteroatoms. The van der Waals surface area contributed by atoms with Gasteiger partial charge in [-0.2, -0.15) is 0 Å². The lowest BCUT2D eigenvalue weighted by Gasteiger charge is -2.32. The number of carbonyl (C=O) groups excluding carboxylic acids is 3. The van der Waals surface area contributed by atoms with Gasteiger partial charge < -0.3 is 15.0 Å². The maximum atomic E-state index is 13.0. The average molecular weight is 379 g/mol. The summed E-state index contributed by atoms with van der Waals surface area (Å²) in [6.07, 6.45) is 0.207. The summed E-state index contributed by atoms with van der Waals surface area (Å²) < 4.78 is 5.72. The number of carbonyl (C=O) groups is 3. The van der Waals surface area contributed by atoms with Crippen LogP contribution in [0.5, 0.6) is 0 Å². The van der Waals surface area contributed by atoms with Gasteiger partial charge in [0.1, 0.15) is 25.3 Å². The Hall–Kier alpha value is -2.83. The molecule has 4 rings (SSSR count). The van der Waals surface area contributed by atoms with Crippen LogP contribution >= 0.6 is 0 Å². The Kier molecular flexibility index (Phi) is 4.83. The third kappa shape index (κ3) is 3.37. The third-order valence-electron chi connectivity index (χ3n) is 5.25. The lowest BCUT2D eigenvalue weighted by Crippen LogP contribution is -3.16. The highest BCUT2D eigenvalue weighted by Crippen LogP contribution is 2.31. The summed E-state index contributed by atoms with van der Waals surface area (Å²) in [6, 6.07) is 11.8. The first kappa shape index (κ1) is 18.5. The van der Waals surface area contributed by atoms with E-state index < -0.39 is 0 Å². The largest absolute Gasteiger partial charge is 0.364 e. The van der Waals surface area contributed by atoms with Gasteiger partial charge in [-0.15, -0.1) is 0 Å². The van der Waals surface area contributed by atoms with Crippen molar-refractivity contribution in [1.82, 2.24) is 0 Å². The van der Waals surface area contributed by atoms with Crippen molar-refractivity contribution in [1.29, 1.82) is 0 Å². The van der Waals surface area contributed by atoms with Crippen molar-refractivity contribution in [2.24, 2.45) is 0 Å². The molecule has 1 amide bonds. The second kappa shape index (κ2) is 7.30. The van der Waals surface area contributed by atoms with Crippen molar-refractivity contribution in [2.45, 2.75) is 26.1 Å². The van der Waals surface area contributed by atoms with Crippen molar-refractivity contribution in [3.05, 3.63) is 64.7 Å². The van der Waals surface area contributed by atoms with Gasteiger partial charge in [-0.3, -0.25) is 14.4 Å². The number of hydrogen-bond acceptors (Lipinski definition) is 4. The van der Waals surface area contributed by atoms with E-state index in [1.54, 1.807) is 42.5 Å². The highest BCUT2D eigenvalue weighted by Gasteiger charge is 2.32. The van der Waals surface area contributed by atoms with Crippen molar-refractivity contribution in [3.8, 4) is 0 Å². The Labute approximate surface area is 163 Å². The van der Waals surface area contributed by atoms with Gasteiger partial charge in [-0.25, -0.2) is 0 Å². The standard InChI is InChI=1S/C22H22N2O4/c1-13-10-24(11-14(2)28-13)12-19(25)23-18-9-5-8-17-20(18)22(27)16-7-4-3-6-15(16)21(17)26/h3-9,13-14H,10-12H2,1-2H3,(H,23,25)/p+1/t13-,14-/m0/s1. The quantitative estimate of drug-likeness (QED) is 0.714. The van der Waals surface area contributed by atoms with Gasteiger partial charge in [0, 0.05) is 16.7 Å². The minimum Gasteiger partial charge on any atom is -0.364 e. The van der Waals surface area contributed by atoms with Gasteiger partial charge >= 0.3 is 0 Å². The smallest absolute Gasteiger partial charge is 0.279 e. The summed E-state index contributed by atoms with van der Waals surface area (Å²) in [5, 5.41) is 2.86. The SMILES string of the molecule is C[C@H]1C[NH+](CC(=O)Nc2cccc3c2C(=O)c2ccccc2C3=O)C[C@H](C)O1. The number of nitrogens with one attached hydrogen (secondary N) is 2. The fraction of sp³-hybridized carbons (Fsp3) is 0.318. The Balaban J connectivity index is 1.58. The van der Waals surface area contributed by atoms with Gasteiger partial charge in [0.15, 0.2) is 18.1 Å². The maximum absolute atomic E-state index is 13.0. The Morgan fingerprint density at radius 2 is 1.57 bits per heavy atom. The number of hydrogen-bond donors (Lipinski definition) is 2. The molecule has 2 aromatic carbocycles.